The number of hydrogen-bond donors (Lipinski definition) is 0. The molecule has 1 fully saturated rings. The second-order valence-electron chi connectivity index (χ2n) is 7.07. The number of hydrogen-bond acceptors (Lipinski definition) is 9. The van der Waals surface area contributed by atoms with Crippen LogP contribution in [0.2, 0.25) is 0 Å². The van der Waals surface area contributed by atoms with Crippen LogP contribution in [-0.2, 0) is 4.79 Å². The van der Waals surface area contributed by atoms with Crippen molar-refractivity contribution in [2.24, 2.45) is 0 Å². The third-order valence-electron chi connectivity index (χ3n) is 4.73. The zero-order valence-electron chi connectivity index (χ0n) is 17.5. The summed E-state index contributed by atoms with van der Waals surface area (Å²) in [5.41, 5.74) is -0.387. The Morgan fingerprint density at radius 1 is 0.943 bits per heavy atom. The first-order chi connectivity index (χ1) is 16.7. The van der Waals surface area contributed by atoms with Gasteiger partial charge in [0.25, 0.3) is 17.3 Å². The van der Waals surface area contributed by atoms with E-state index in [1.54, 1.807) is 42.5 Å². The number of nitro benzene ring substituents is 2. The Balaban J connectivity index is 1.56. The monoisotopic (exact) mass is 507 g/mol. The highest BCUT2D eigenvalue weighted by Crippen LogP contribution is 2.36. The molecule has 0 radical (unpaired) electrons. The van der Waals surface area contributed by atoms with E-state index in [0.29, 0.717) is 20.5 Å². The molecule has 0 unspecified atom stereocenters. The lowest BCUT2D eigenvalue weighted by atomic mass is 10.1. The van der Waals surface area contributed by atoms with Gasteiger partial charge in [-0.2, -0.15) is 0 Å². The summed E-state index contributed by atoms with van der Waals surface area (Å²) < 4.78 is 5.65. The summed E-state index contributed by atoms with van der Waals surface area (Å²) in [6.45, 7) is 0. The summed E-state index contributed by atoms with van der Waals surface area (Å²) in [5, 5.41) is 22.1. The molecule has 1 aliphatic rings. The van der Waals surface area contributed by atoms with Crippen LogP contribution in [0, 0.1) is 20.2 Å². The highest BCUT2D eigenvalue weighted by Gasteiger charge is 2.33. The van der Waals surface area contributed by atoms with Crippen molar-refractivity contribution in [1.29, 1.82) is 0 Å². The van der Waals surface area contributed by atoms with Crippen molar-refractivity contribution >= 4 is 63.3 Å². The Hall–Kier alpha value is -4.42. The standard InChI is InChI=1S/C23H13N3O7S2/c27-21-20(35-23(34)24(21)16-6-2-1-3-7-16)10-14-5-4-8-19(9-14)33-22(28)15-11-17(25(29)30)13-18(12-15)26(31)32/h1-13H. The Morgan fingerprint density at radius 2 is 1.60 bits per heavy atom. The summed E-state index contributed by atoms with van der Waals surface area (Å²) >= 11 is 6.48. The molecule has 12 heteroatoms. The first-order valence-corrected chi connectivity index (χ1v) is 11.0. The second kappa shape index (κ2) is 9.83. The fraction of sp³-hybridized carbons (Fsp3) is 0. The summed E-state index contributed by atoms with van der Waals surface area (Å²) in [4.78, 5) is 47.7. The van der Waals surface area contributed by atoms with E-state index in [9.17, 15) is 29.8 Å². The number of nitrogens with zero attached hydrogens (tertiary/aromatic N) is 3. The molecule has 0 N–H and O–H groups in total. The molecular weight excluding hydrogens is 494 g/mol. The van der Waals surface area contributed by atoms with Gasteiger partial charge in [0.1, 0.15) is 5.75 Å². The predicted octanol–water partition coefficient (Wildman–Crippen LogP) is 5.13. The summed E-state index contributed by atoms with van der Waals surface area (Å²) in [6.07, 6.45) is 1.60. The average Bonchev–Trinajstić information content (AvgIpc) is 3.11. The molecule has 0 atom stereocenters. The van der Waals surface area contributed by atoms with E-state index in [1.165, 1.54) is 17.0 Å². The first-order valence-electron chi connectivity index (χ1n) is 9.82. The van der Waals surface area contributed by atoms with Crippen LogP contribution in [0.3, 0.4) is 0 Å². The molecule has 3 aromatic carbocycles. The number of esters is 1. The molecule has 0 spiro atoms. The van der Waals surface area contributed by atoms with Crippen LogP contribution in [0.4, 0.5) is 17.1 Å². The Bertz CT molecular complexity index is 1390. The SMILES string of the molecule is O=C(Oc1cccc(C=C2SC(=S)N(c3ccccc3)C2=O)c1)c1cc([N+](=O)[O-])cc([N+](=O)[O-])c1. The molecule has 1 amide bonds. The molecular formula is C23H13N3O7S2. The average molecular weight is 508 g/mol. The number of nitro groups is 2. The van der Waals surface area contributed by atoms with Crippen LogP contribution in [0.25, 0.3) is 6.08 Å². The molecule has 0 saturated carbocycles. The molecule has 10 nitrogen and oxygen atoms in total. The fourth-order valence-corrected chi connectivity index (χ4v) is 4.48. The van der Waals surface area contributed by atoms with E-state index in [-0.39, 0.29) is 17.2 Å². The van der Waals surface area contributed by atoms with Crippen molar-refractivity contribution in [3.8, 4) is 5.75 Å². The number of amides is 1. The molecule has 35 heavy (non-hydrogen) atoms. The van der Waals surface area contributed by atoms with E-state index in [1.807, 2.05) is 6.07 Å². The van der Waals surface area contributed by atoms with E-state index in [0.717, 1.165) is 30.0 Å². The van der Waals surface area contributed by atoms with Gasteiger partial charge in [0.2, 0.25) is 0 Å². The van der Waals surface area contributed by atoms with Gasteiger partial charge in [-0.1, -0.05) is 54.3 Å². The minimum Gasteiger partial charge on any atom is -0.423 e. The van der Waals surface area contributed by atoms with Crippen molar-refractivity contribution in [2.75, 3.05) is 4.90 Å². The smallest absolute Gasteiger partial charge is 0.344 e. The molecule has 174 valence electrons. The lowest BCUT2D eigenvalue weighted by Gasteiger charge is -2.13. The van der Waals surface area contributed by atoms with Crippen molar-refractivity contribution in [3.05, 3.63) is 109 Å². The van der Waals surface area contributed by atoms with E-state index < -0.39 is 27.2 Å². The Kier molecular flexibility index (Phi) is 6.66. The maximum absolute atomic E-state index is 12.9. The number of benzene rings is 3. The quantitative estimate of drug-likeness (QED) is 0.111. The molecule has 1 aliphatic heterocycles. The summed E-state index contributed by atoms with van der Waals surface area (Å²) in [7, 11) is 0. The van der Waals surface area contributed by atoms with Crippen molar-refractivity contribution < 1.29 is 24.2 Å². The van der Waals surface area contributed by atoms with Crippen LogP contribution < -0.4 is 9.64 Å². The molecule has 3 aromatic rings. The van der Waals surface area contributed by atoms with Crippen LogP contribution in [-0.4, -0.2) is 26.0 Å². The molecule has 1 saturated heterocycles. The lowest BCUT2D eigenvalue weighted by molar-refractivity contribution is -0.394. The van der Waals surface area contributed by atoms with Gasteiger partial charge in [-0.15, -0.1) is 0 Å². The number of anilines is 1. The molecule has 1 heterocycles. The van der Waals surface area contributed by atoms with Crippen LogP contribution >= 0.6 is 24.0 Å². The zero-order chi connectivity index (χ0) is 25.1. The topological polar surface area (TPSA) is 133 Å². The number of thioether (sulfide) groups is 1. The molecule has 4 rings (SSSR count). The number of ether oxygens (including phenoxy) is 1. The van der Waals surface area contributed by atoms with Crippen molar-refractivity contribution in [1.82, 2.24) is 0 Å². The third-order valence-corrected chi connectivity index (χ3v) is 6.04. The highest BCUT2D eigenvalue weighted by atomic mass is 32.2. The van der Waals surface area contributed by atoms with Crippen LogP contribution in [0.15, 0.2) is 77.7 Å². The van der Waals surface area contributed by atoms with E-state index in [2.05, 4.69) is 0 Å². The van der Waals surface area contributed by atoms with Crippen LogP contribution in [0.5, 0.6) is 5.75 Å². The first kappa shape index (κ1) is 23.7. The van der Waals surface area contributed by atoms with E-state index in [4.69, 9.17) is 17.0 Å². The number of carbonyl (C=O) groups is 2. The van der Waals surface area contributed by atoms with Gasteiger partial charge < -0.3 is 4.74 Å². The van der Waals surface area contributed by atoms with Gasteiger partial charge in [-0.25, -0.2) is 4.79 Å². The molecule has 0 bridgehead atoms. The number of non-ortho nitro benzene ring substituents is 2. The van der Waals surface area contributed by atoms with Gasteiger partial charge in [0, 0.05) is 12.1 Å². The Labute approximate surface area is 207 Å². The normalized spacial score (nSPS) is 14.3. The van der Waals surface area contributed by atoms with Crippen molar-refractivity contribution in [3.63, 3.8) is 0 Å². The number of rotatable bonds is 6. The van der Waals surface area contributed by atoms with Crippen molar-refractivity contribution in [2.45, 2.75) is 0 Å². The maximum Gasteiger partial charge on any atom is 0.344 e. The summed E-state index contributed by atoms with van der Waals surface area (Å²) in [6, 6.07) is 17.7. The van der Waals surface area contributed by atoms with Gasteiger partial charge in [0.15, 0.2) is 4.32 Å². The number of para-hydroxylation sites is 1. The Morgan fingerprint density at radius 3 is 2.23 bits per heavy atom. The molecule has 0 aliphatic carbocycles. The molecule has 0 aromatic heterocycles. The van der Waals surface area contributed by atoms with Gasteiger partial charge in [-0.3, -0.25) is 29.9 Å². The number of carbonyl (C=O) groups excluding carboxylic acids is 2. The third kappa shape index (κ3) is 5.23. The number of thiocarbonyl (C=S) groups is 1. The van der Waals surface area contributed by atoms with Crippen LogP contribution in [0.1, 0.15) is 15.9 Å². The zero-order valence-corrected chi connectivity index (χ0v) is 19.2. The minimum atomic E-state index is -1.01. The fourth-order valence-electron chi connectivity index (χ4n) is 3.18. The van der Waals surface area contributed by atoms with Gasteiger partial charge in [0.05, 0.1) is 32.1 Å². The second-order valence-corrected chi connectivity index (χ2v) is 8.74. The van der Waals surface area contributed by atoms with Gasteiger partial charge in [-0.05, 0) is 35.9 Å². The lowest BCUT2D eigenvalue weighted by Crippen LogP contribution is -2.27. The largest absolute Gasteiger partial charge is 0.423 e. The maximum atomic E-state index is 12.9. The summed E-state index contributed by atoms with van der Waals surface area (Å²) in [5.74, 6) is -1.22. The van der Waals surface area contributed by atoms with E-state index >= 15 is 0 Å². The minimum absolute atomic E-state index is 0.0800. The van der Waals surface area contributed by atoms with Gasteiger partial charge >= 0.3 is 5.97 Å². The predicted molar refractivity (Wildman–Crippen MR) is 133 cm³/mol. The highest BCUT2D eigenvalue weighted by molar-refractivity contribution is 8.27.